The Morgan fingerprint density at radius 3 is 2.80 bits per heavy atom. The minimum absolute atomic E-state index is 0.290. The molecule has 1 aliphatic heterocycles. The molecule has 1 spiro atoms. The van der Waals surface area contributed by atoms with E-state index in [-0.39, 0.29) is 5.41 Å². The van der Waals surface area contributed by atoms with Crippen molar-refractivity contribution in [3.05, 3.63) is 54.1 Å². The molecule has 2 aromatic rings. The van der Waals surface area contributed by atoms with Crippen LogP contribution >= 0.6 is 0 Å². The van der Waals surface area contributed by atoms with Gasteiger partial charge in [-0.05, 0) is 60.3 Å². The molecule has 2 bridgehead atoms. The average molecular weight is 332 g/mol. The highest BCUT2D eigenvalue weighted by Crippen LogP contribution is 2.59. The fraction of sp³-hybridized carbons (Fsp3) is 0.500. The molecule has 2 aliphatic carbocycles. The standard InChI is InChI=1S/C24H28O/c1-16(2)23-24(18-8-5-9-19(24)11-6-10-18)15-21-20-12-4-3-7-17(20)13-14-22(21)25-23/h3-5,7-8,12-14,16,18-19,23H,6,9-11,15H2,1-2H3. The van der Waals surface area contributed by atoms with Crippen molar-refractivity contribution < 1.29 is 4.74 Å². The summed E-state index contributed by atoms with van der Waals surface area (Å²) in [5.74, 6) is 3.14. The third kappa shape index (κ3) is 2.14. The summed E-state index contributed by atoms with van der Waals surface area (Å²) in [5, 5.41) is 2.74. The molecule has 1 heteroatoms. The Hall–Kier alpha value is -1.76. The molecule has 3 aliphatic rings. The molecule has 1 nitrogen and oxygen atoms in total. The van der Waals surface area contributed by atoms with Crippen LogP contribution in [0.15, 0.2) is 48.6 Å². The predicted molar refractivity (Wildman–Crippen MR) is 104 cm³/mol. The third-order valence-electron chi connectivity index (χ3n) is 7.18. The van der Waals surface area contributed by atoms with Gasteiger partial charge < -0.3 is 4.74 Å². The van der Waals surface area contributed by atoms with Crippen molar-refractivity contribution in [2.45, 2.75) is 52.1 Å². The summed E-state index contributed by atoms with van der Waals surface area (Å²) in [6.45, 7) is 4.71. The lowest BCUT2D eigenvalue weighted by molar-refractivity contribution is -0.0973. The molecular formula is C24H28O. The first kappa shape index (κ1) is 15.5. The Morgan fingerprint density at radius 1 is 1.08 bits per heavy atom. The van der Waals surface area contributed by atoms with E-state index in [0.29, 0.717) is 17.9 Å². The first-order chi connectivity index (χ1) is 12.2. The van der Waals surface area contributed by atoms with Crippen LogP contribution in [0.1, 0.15) is 45.1 Å². The number of rotatable bonds is 1. The van der Waals surface area contributed by atoms with Gasteiger partial charge in [-0.15, -0.1) is 0 Å². The van der Waals surface area contributed by atoms with Crippen molar-refractivity contribution in [1.82, 2.24) is 0 Å². The zero-order valence-electron chi connectivity index (χ0n) is 15.4. The molecule has 130 valence electrons. The van der Waals surface area contributed by atoms with E-state index >= 15 is 0 Å². The van der Waals surface area contributed by atoms with Gasteiger partial charge in [0.1, 0.15) is 11.9 Å². The molecule has 25 heavy (non-hydrogen) atoms. The predicted octanol–water partition coefficient (Wildman–Crippen LogP) is 6.16. The average Bonchev–Trinajstić information content (AvgIpc) is 2.60. The largest absolute Gasteiger partial charge is 0.489 e. The van der Waals surface area contributed by atoms with E-state index in [2.05, 4.69) is 62.4 Å². The second-order valence-corrected chi connectivity index (χ2v) is 8.73. The number of benzene rings is 2. The maximum atomic E-state index is 6.80. The summed E-state index contributed by atoms with van der Waals surface area (Å²) < 4.78 is 6.80. The van der Waals surface area contributed by atoms with Gasteiger partial charge in [0.15, 0.2) is 0 Å². The van der Waals surface area contributed by atoms with Crippen LogP contribution in [-0.2, 0) is 6.42 Å². The second-order valence-electron chi connectivity index (χ2n) is 8.73. The SMILES string of the molecule is CC(C)C1Oc2ccc3ccccc3c2CC12C1C=CCC2CCC1. The lowest BCUT2D eigenvalue weighted by Crippen LogP contribution is -2.57. The molecule has 4 atom stereocenters. The van der Waals surface area contributed by atoms with Crippen LogP contribution in [0.5, 0.6) is 5.75 Å². The molecule has 0 N–H and O–H groups in total. The first-order valence-electron chi connectivity index (χ1n) is 10.0. The zero-order valence-corrected chi connectivity index (χ0v) is 15.4. The van der Waals surface area contributed by atoms with Gasteiger partial charge in [0, 0.05) is 11.0 Å². The zero-order chi connectivity index (χ0) is 17.0. The Kier molecular flexibility index (Phi) is 3.48. The number of fused-ring (bicyclic) bond motifs is 3. The maximum absolute atomic E-state index is 6.80. The highest BCUT2D eigenvalue weighted by molar-refractivity contribution is 5.88. The van der Waals surface area contributed by atoms with Crippen LogP contribution in [0.3, 0.4) is 0 Å². The van der Waals surface area contributed by atoms with Gasteiger partial charge in [0.25, 0.3) is 0 Å². The van der Waals surface area contributed by atoms with Crippen molar-refractivity contribution in [2.75, 3.05) is 0 Å². The molecule has 1 heterocycles. The van der Waals surface area contributed by atoms with Crippen LogP contribution < -0.4 is 4.74 Å². The lowest BCUT2D eigenvalue weighted by atomic mass is 9.50. The van der Waals surface area contributed by atoms with Gasteiger partial charge in [-0.1, -0.05) is 62.8 Å². The van der Waals surface area contributed by atoms with Gasteiger partial charge in [-0.3, -0.25) is 0 Å². The van der Waals surface area contributed by atoms with Crippen molar-refractivity contribution in [2.24, 2.45) is 23.2 Å². The van der Waals surface area contributed by atoms with E-state index in [1.165, 1.54) is 48.4 Å². The van der Waals surface area contributed by atoms with E-state index in [0.717, 1.165) is 11.7 Å². The normalized spacial score (nSPS) is 33.5. The highest BCUT2D eigenvalue weighted by Gasteiger charge is 2.56. The van der Waals surface area contributed by atoms with Crippen molar-refractivity contribution >= 4 is 10.8 Å². The van der Waals surface area contributed by atoms with Crippen molar-refractivity contribution in [3.63, 3.8) is 0 Å². The van der Waals surface area contributed by atoms with Gasteiger partial charge in [0.05, 0.1) is 0 Å². The molecule has 1 saturated carbocycles. The van der Waals surface area contributed by atoms with Crippen LogP contribution in [0.25, 0.3) is 10.8 Å². The fourth-order valence-electron chi connectivity index (χ4n) is 6.18. The number of allylic oxidation sites excluding steroid dienone is 2. The van der Waals surface area contributed by atoms with Crippen LogP contribution in [0, 0.1) is 23.2 Å². The Balaban J connectivity index is 1.72. The molecule has 4 unspecified atom stereocenters. The molecule has 0 amide bonds. The summed E-state index contributed by atoms with van der Waals surface area (Å²) in [4.78, 5) is 0. The van der Waals surface area contributed by atoms with E-state index in [1.807, 2.05) is 0 Å². The van der Waals surface area contributed by atoms with E-state index in [9.17, 15) is 0 Å². The van der Waals surface area contributed by atoms with E-state index in [1.54, 1.807) is 0 Å². The molecule has 0 saturated heterocycles. The van der Waals surface area contributed by atoms with Crippen molar-refractivity contribution in [1.29, 1.82) is 0 Å². The first-order valence-corrected chi connectivity index (χ1v) is 10.0. The minimum Gasteiger partial charge on any atom is -0.489 e. The monoisotopic (exact) mass is 332 g/mol. The molecule has 1 fully saturated rings. The molecule has 0 aromatic heterocycles. The van der Waals surface area contributed by atoms with Crippen LogP contribution in [0.4, 0.5) is 0 Å². The van der Waals surface area contributed by atoms with E-state index < -0.39 is 0 Å². The Labute approximate surface area is 151 Å². The quantitative estimate of drug-likeness (QED) is 0.568. The number of ether oxygens (including phenoxy) is 1. The number of hydrogen-bond donors (Lipinski definition) is 0. The maximum Gasteiger partial charge on any atom is 0.123 e. The van der Waals surface area contributed by atoms with Crippen LogP contribution in [0.2, 0.25) is 0 Å². The Bertz CT molecular complexity index is 833. The minimum atomic E-state index is 0.290. The summed E-state index contributed by atoms with van der Waals surface area (Å²) in [7, 11) is 0. The van der Waals surface area contributed by atoms with Gasteiger partial charge in [0.2, 0.25) is 0 Å². The van der Waals surface area contributed by atoms with Gasteiger partial charge in [-0.25, -0.2) is 0 Å². The molecular weight excluding hydrogens is 304 g/mol. The molecule has 0 radical (unpaired) electrons. The number of hydrogen-bond acceptors (Lipinski definition) is 1. The van der Waals surface area contributed by atoms with E-state index in [4.69, 9.17) is 4.74 Å². The lowest BCUT2D eigenvalue weighted by Gasteiger charge is -2.58. The fourth-order valence-corrected chi connectivity index (χ4v) is 6.18. The summed E-state index contributed by atoms with van der Waals surface area (Å²) in [6.07, 6.45) is 11.8. The molecule has 5 rings (SSSR count). The van der Waals surface area contributed by atoms with Crippen LogP contribution in [-0.4, -0.2) is 6.10 Å². The van der Waals surface area contributed by atoms with Crippen molar-refractivity contribution in [3.8, 4) is 5.75 Å². The smallest absolute Gasteiger partial charge is 0.123 e. The summed E-state index contributed by atoms with van der Waals surface area (Å²) >= 11 is 0. The van der Waals surface area contributed by atoms with Gasteiger partial charge >= 0.3 is 0 Å². The molecule has 2 aromatic carbocycles. The van der Waals surface area contributed by atoms with Gasteiger partial charge in [-0.2, -0.15) is 0 Å². The highest BCUT2D eigenvalue weighted by atomic mass is 16.5. The third-order valence-corrected chi connectivity index (χ3v) is 7.18. The summed E-state index contributed by atoms with van der Waals surface area (Å²) in [6, 6.07) is 13.3. The Morgan fingerprint density at radius 2 is 1.96 bits per heavy atom. The summed E-state index contributed by atoms with van der Waals surface area (Å²) in [5.41, 5.74) is 1.75. The topological polar surface area (TPSA) is 9.23 Å². The second kappa shape index (κ2) is 5.62.